The van der Waals surface area contributed by atoms with Gasteiger partial charge in [-0.05, 0) is 71.8 Å². The van der Waals surface area contributed by atoms with Crippen molar-refractivity contribution in [3.8, 4) is 22.5 Å². The van der Waals surface area contributed by atoms with Crippen LogP contribution in [0, 0.1) is 0 Å². The van der Waals surface area contributed by atoms with Gasteiger partial charge in [0.1, 0.15) is 0 Å². The van der Waals surface area contributed by atoms with Crippen LogP contribution in [-0.4, -0.2) is 14.1 Å². The van der Waals surface area contributed by atoms with Gasteiger partial charge in [0.25, 0.3) is 0 Å². The molecule has 38 heavy (non-hydrogen) atoms. The van der Waals surface area contributed by atoms with Gasteiger partial charge in [-0.2, -0.15) is 0 Å². The van der Waals surface area contributed by atoms with Gasteiger partial charge in [-0.3, -0.25) is 4.98 Å². The van der Waals surface area contributed by atoms with E-state index in [0.717, 1.165) is 11.2 Å². The van der Waals surface area contributed by atoms with Crippen LogP contribution < -0.4 is 0 Å². The molecule has 0 spiro atoms. The molecule has 0 saturated heterocycles. The number of pyridine rings is 1. The Labute approximate surface area is 219 Å². The van der Waals surface area contributed by atoms with Gasteiger partial charge in [0.15, 0.2) is 0 Å². The maximum absolute atomic E-state index is 4.44. The molecular formula is C35H23N3. The zero-order valence-corrected chi connectivity index (χ0v) is 20.6. The Bertz CT molecular complexity index is 1960. The maximum atomic E-state index is 4.44. The number of benzene rings is 5. The first kappa shape index (κ1) is 21.0. The summed E-state index contributed by atoms with van der Waals surface area (Å²) < 4.78 is 4.66. The van der Waals surface area contributed by atoms with E-state index in [1.165, 1.54) is 54.9 Å². The lowest BCUT2D eigenvalue weighted by atomic mass is 10.0. The quantitative estimate of drug-likeness (QED) is 0.245. The summed E-state index contributed by atoms with van der Waals surface area (Å²) in [6.07, 6.45) is 3.85. The number of para-hydroxylation sites is 3. The predicted octanol–water partition coefficient (Wildman–Crippen LogP) is 8.94. The first-order valence-corrected chi connectivity index (χ1v) is 12.9. The number of hydrogen-bond acceptors (Lipinski definition) is 1. The van der Waals surface area contributed by atoms with Gasteiger partial charge >= 0.3 is 0 Å². The van der Waals surface area contributed by atoms with Crippen molar-refractivity contribution in [2.45, 2.75) is 0 Å². The number of fused-ring (bicyclic) bond motifs is 6. The molecule has 0 bridgehead atoms. The highest BCUT2D eigenvalue weighted by molar-refractivity contribution is 6.12. The van der Waals surface area contributed by atoms with Crippen molar-refractivity contribution in [1.29, 1.82) is 0 Å². The zero-order chi connectivity index (χ0) is 25.1. The molecule has 0 aliphatic heterocycles. The highest BCUT2D eigenvalue weighted by atomic mass is 15.0. The summed E-state index contributed by atoms with van der Waals surface area (Å²) in [5.74, 6) is 0. The Balaban J connectivity index is 1.36. The SMILES string of the molecule is c1ccc(-n2c3ccccc3c3cc(-c4ccc5c(c4)c4ccncc4n5-c4ccccc4)ccc32)cc1. The van der Waals surface area contributed by atoms with Crippen molar-refractivity contribution in [2.24, 2.45) is 0 Å². The highest BCUT2D eigenvalue weighted by Gasteiger charge is 2.15. The number of hydrogen-bond donors (Lipinski definition) is 0. The van der Waals surface area contributed by atoms with E-state index in [0.29, 0.717) is 0 Å². The molecule has 5 aromatic carbocycles. The van der Waals surface area contributed by atoms with E-state index >= 15 is 0 Å². The van der Waals surface area contributed by atoms with Crippen LogP contribution in [0.15, 0.2) is 140 Å². The minimum atomic E-state index is 1.12. The normalized spacial score (nSPS) is 11.7. The van der Waals surface area contributed by atoms with Crippen molar-refractivity contribution in [3.05, 3.63) is 140 Å². The molecule has 0 saturated carbocycles. The largest absolute Gasteiger partial charge is 0.309 e. The average molecular weight is 486 g/mol. The van der Waals surface area contributed by atoms with Crippen molar-refractivity contribution >= 4 is 43.6 Å². The molecule has 8 aromatic rings. The summed E-state index contributed by atoms with van der Waals surface area (Å²) in [4.78, 5) is 4.44. The van der Waals surface area contributed by atoms with E-state index in [1.54, 1.807) is 0 Å². The smallest absolute Gasteiger partial charge is 0.0724 e. The van der Waals surface area contributed by atoms with Gasteiger partial charge in [0.2, 0.25) is 0 Å². The third-order valence-corrected chi connectivity index (χ3v) is 7.60. The molecular weight excluding hydrogens is 462 g/mol. The lowest BCUT2D eigenvalue weighted by Crippen LogP contribution is -1.93. The molecule has 0 fully saturated rings. The molecule has 3 nitrogen and oxygen atoms in total. The molecule has 3 heterocycles. The van der Waals surface area contributed by atoms with Crippen molar-refractivity contribution < 1.29 is 0 Å². The summed E-state index contributed by atoms with van der Waals surface area (Å²) in [6, 6.07) is 45.6. The van der Waals surface area contributed by atoms with Crippen molar-refractivity contribution in [1.82, 2.24) is 14.1 Å². The van der Waals surface area contributed by atoms with Gasteiger partial charge in [-0.25, -0.2) is 0 Å². The second-order valence-electron chi connectivity index (χ2n) is 9.72. The molecule has 0 aliphatic carbocycles. The molecule has 0 N–H and O–H groups in total. The topological polar surface area (TPSA) is 22.8 Å². The first-order valence-electron chi connectivity index (χ1n) is 12.9. The molecule has 178 valence electrons. The van der Waals surface area contributed by atoms with Crippen LogP contribution in [0.1, 0.15) is 0 Å². The third-order valence-electron chi connectivity index (χ3n) is 7.60. The van der Waals surface area contributed by atoms with Gasteiger partial charge < -0.3 is 9.13 Å². The fourth-order valence-electron chi connectivity index (χ4n) is 5.91. The first-order chi connectivity index (χ1) is 18.9. The third kappa shape index (κ3) is 3.06. The second-order valence-corrected chi connectivity index (χ2v) is 9.72. The minimum absolute atomic E-state index is 1.12. The Morgan fingerprint density at radius 3 is 1.53 bits per heavy atom. The summed E-state index contributed by atoms with van der Waals surface area (Å²) in [5, 5.41) is 4.97. The molecule has 0 aliphatic rings. The van der Waals surface area contributed by atoms with E-state index in [4.69, 9.17) is 0 Å². The molecule has 0 radical (unpaired) electrons. The Kier molecular flexibility index (Phi) is 4.52. The van der Waals surface area contributed by atoms with Crippen LogP contribution in [0.3, 0.4) is 0 Å². The summed E-state index contributed by atoms with van der Waals surface area (Å²) in [7, 11) is 0. The Morgan fingerprint density at radius 1 is 0.395 bits per heavy atom. The molecule has 0 atom stereocenters. The minimum Gasteiger partial charge on any atom is -0.309 e. The highest BCUT2D eigenvalue weighted by Crippen LogP contribution is 2.37. The summed E-state index contributed by atoms with van der Waals surface area (Å²) in [5.41, 5.74) is 9.48. The van der Waals surface area contributed by atoms with Crippen LogP contribution in [0.2, 0.25) is 0 Å². The van der Waals surface area contributed by atoms with Crippen LogP contribution in [0.25, 0.3) is 66.1 Å². The fourth-order valence-corrected chi connectivity index (χ4v) is 5.91. The molecule has 3 aromatic heterocycles. The van der Waals surface area contributed by atoms with Crippen molar-refractivity contribution in [2.75, 3.05) is 0 Å². The van der Waals surface area contributed by atoms with Gasteiger partial charge in [0.05, 0.1) is 28.3 Å². The van der Waals surface area contributed by atoms with Gasteiger partial charge in [0, 0.05) is 39.1 Å². The van der Waals surface area contributed by atoms with Gasteiger partial charge in [-0.15, -0.1) is 0 Å². The zero-order valence-electron chi connectivity index (χ0n) is 20.6. The number of nitrogens with zero attached hydrogens (tertiary/aromatic N) is 3. The number of rotatable bonds is 3. The van der Waals surface area contributed by atoms with E-state index in [9.17, 15) is 0 Å². The average Bonchev–Trinajstić information content (AvgIpc) is 3.50. The molecule has 0 unspecified atom stereocenters. The predicted molar refractivity (Wildman–Crippen MR) is 158 cm³/mol. The Morgan fingerprint density at radius 2 is 0.895 bits per heavy atom. The summed E-state index contributed by atoms with van der Waals surface area (Å²) in [6.45, 7) is 0. The monoisotopic (exact) mass is 485 g/mol. The van der Waals surface area contributed by atoms with E-state index in [2.05, 4.69) is 142 Å². The molecule has 8 rings (SSSR count). The summed E-state index contributed by atoms with van der Waals surface area (Å²) >= 11 is 0. The standard InChI is InChI=1S/C35H23N3/c1-3-9-26(10-4-1)37-32-14-8-7-13-28(32)30-21-24(15-17-33(30)37)25-16-18-34-31(22-25)29-19-20-36-23-35(29)38(34)27-11-5-2-6-12-27/h1-23H. The number of aromatic nitrogens is 3. The lowest BCUT2D eigenvalue weighted by Gasteiger charge is -2.09. The Hall–Kier alpha value is -5.15. The molecule has 3 heteroatoms. The second kappa shape index (κ2) is 8.19. The van der Waals surface area contributed by atoms with Crippen LogP contribution in [0.4, 0.5) is 0 Å². The maximum Gasteiger partial charge on any atom is 0.0724 e. The van der Waals surface area contributed by atoms with E-state index < -0.39 is 0 Å². The van der Waals surface area contributed by atoms with Crippen LogP contribution in [-0.2, 0) is 0 Å². The van der Waals surface area contributed by atoms with E-state index in [1.807, 2.05) is 12.4 Å². The fraction of sp³-hybridized carbons (Fsp3) is 0. The van der Waals surface area contributed by atoms with Gasteiger partial charge in [-0.1, -0.05) is 66.7 Å². The van der Waals surface area contributed by atoms with Crippen LogP contribution in [0.5, 0.6) is 0 Å². The lowest BCUT2D eigenvalue weighted by molar-refractivity contribution is 1.17. The molecule has 0 amide bonds. The van der Waals surface area contributed by atoms with E-state index in [-0.39, 0.29) is 0 Å². The van der Waals surface area contributed by atoms with Crippen molar-refractivity contribution in [3.63, 3.8) is 0 Å². The van der Waals surface area contributed by atoms with Crippen LogP contribution >= 0.6 is 0 Å².